The first kappa shape index (κ1) is 17.7. The van der Waals surface area contributed by atoms with Gasteiger partial charge in [-0.05, 0) is 55.9 Å². The van der Waals surface area contributed by atoms with Crippen molar-refractivity contribution < 1.29 is 8.42 Å². The van der Waals surface area contributed by atoms with Gasteiger partial charge in [-0.15, -0.1) is 0 Å². The Morgan fingerprint density at radius 1 is 0.950 bits per heavy atom. The topological polar surface area (TPSA) is 34.1 Å². The Morgan fingerprint density at radius 3 is 1.70 bits per heavy atom. The molecule has 0 aliphatic carbocycles. The summed E-state index contributed by atoms with van der Waals surface area (Å²) < 4.78 is 26.1. The van der Waals surface area contributed by atoms with Crippen LogP contribution in [0.4, 0.5) is 0 Å². The van der Waals surface area contributed by atoms with Gasteiger partial charge in [0.05, 0.1) is 9.64 Å². The number of halogens is 1. The molecule has 1 aromatic rings. The van der Waals surface area contributed by atoms with Crippen molar-refractivity contribution in [2.45, 2.75) is 51.2 Å². The molecule has 0 heterocycles. The predicted molar refractivity (Wildman–Crippen MR) is 88.6 cm³/mol. The molecule has 0 aliphatic heterocycles. The lowest BCUT2D eigenvalue weighted by Crippen LogP contribution is -2.45. The zero-order valence-electron chi connectivity index (χ0n) is 13.1. The van der Waals surface area contributed by atoms with E-state index in [1.165, 1.54) is 0 Å². The first-order valence-corrected chi connectivity index (χ1v) is 9.29. The lowest BCUT2D eigenvalue weighted by Gasteiger charge is -2.39. The van der Waals surface area contributed by atoms with Crippen LogP contribution >= 0.6 is 15.9 Å². The van der Waals surface area contributed by atoms with Crippen LogP contribution in [-0.2, 0) is 9.84 Å². The summed E-state index contributed by atoms with van der Waals surface area (Å²) >= 11 is 3.34. The lowest BCUT2D eigenvalue weighted by molar-refractivity contribution is 0.226. The second-order valence-electron chi connectivity index (χ2n) is 6.57. The number of hydrogen-bond acceptors (Lipinski definition) is 2. The Morgan fingerprint density at radius 2 is 1.35 bits per heavy atom. The molecule has 0 unspecified atom stereocenters. The van der Waals surface area contributed by atoms with Gasteiger partial charge in [-0.1, -0.05) is 43.6 Å². The molecule has 1 aromatic carbocycles. The highest BCUT2D eigenvalue weighted by Crippen LogP contribution is 2.40. The first-order valence-electron chi connectivity index (χ1n) is 7.02. The van der Waals surface area contributed by atoms with Crippen molar-refractivity contribution in [2.75, 3.05) is 0 Å². The highest BCUT2D eigenvalue weighted by molar-refractivity contribution is 9.10. The van der Waals surface area contributed by atoms with Gasteiger partial charge < -0.3 is 0 Å². The second-order valence-corrected chi connectivity index (χ2v) is 10.0. The van der Waals surface area contributed by atoms with Gasteiger partial charge in [0.25, 0.3) is 0 Å². The molecule has 2 nitrogen and oxygen atoms in total. The number of sulfone groups is 1. The second kappa shape index (κ2) is 6.18. The summed E-state index contributed by atoms with van der Waals surface area (Å²) in [4.78, 5) is 0.400. The van der Waals surface area contributed by atoms with E-state index in [4.69, 9.17) is 0 Å². The smallest absolute Gasteiger partial charge is 0.183 e. The van der Waals surface area contributed by atoms with E-state index in [-0.39, 0.29) is 5.92 Å². The van der Waals surface area contributed by atoms with Crippen LogP contribution in [0.3, 0.4) is 0 Å². The molecule has 0 saturated heterocycles. The molecule has 0 fully saturated rings. The van der Waals surface area contributed by atoms with Crippen LogP contribution in [0.1, 0.15) is 41.5 Å². The quantitative estimate of drug-likeness (QED) is 0.745. The van der Waals surface area contributed by atoms with E-state index >= 15 is 0 Å². The van der Waals surface area contributed by atoms with Crippen LogP contribution in [0.15, 0.2) is 33.6 Å². The van der Waals surface area contributed by atoms with E-state index in [9.17, 15) is 8.42 Å². The zero-order chi connectivity index (χ0) is 15.7. The summed E-state index contributed by atoms with van der Waals surface area (Å²) in [6.07, 6.45) is 0. The lowest BCUT2D eigenvalue weighted by atomic mass is 9.77. The van der Waals surface area contributed by atoms with Gasteiger partial charge in [-0.2, -0.15) is 0 Å². The molecule has 20 heavy (non-hydrogen) atoms. The highest BCUT2D eigenvalue weighted by atomic mass is 79.9. The molecule has 0 aromatic heterocycles. The fraction of sp³-hybridized carbons (Fsp3) is 0.625. The first-order chi connectivity index (χ1) is 9.01. The maximum atomic E-state index is 13.0. The predicted octanol–water partition coefficient (Wildman–Crippen LogP) is 4.93. The minimum Gasteiger partial charge on any atom is -0.223 e. The SMILES string of the molecule is CC(C)C(C(C)C)C(C)(C)S(=O)(=O)c1ccc(Br)cc1. The maximum Gasteiger partial charge on any atom is 0.183 e. The molecule has 0 atom stereocenters. The third kappa shape index (κ3) is 3.28. The molecule has 4 heteroatoms. The Bertz CT molecular complexity index is 534. The fourth-order valence-electron chi connectivity index (χ4n) is 3.47. The highest BCUT2D eigenvalue weighted by Gasteiger charge is 2.45. The van der Waals surface area contributed by atoms with Gasteiger partial charge >= 0.3 is 0 Å². The summed E-state index contributed by atoms with van der Waals surface area (Å²) in [6.45, 7) is 12.1. The summed E-state index contributed by atoms with van der Waals surface area (Å²) in [5, 5.41) is 0. The Balaban J connectivity index is 3.34. The van der Waals surface area contributed by atoms with E-state index in [1.54, 1.807) is 24.3 Å². The van der Waals surface area contributed by atoms with Crippen molar-refractivity contribution in [3.05, 3.63) is 28.7 Å². The van der Waals surface area contributed by atoms with Crippen molar-refractivity contribution in [2.24, 2.45) is 17.8 Å². The van der Waals surface area contributed by atoms with Crippen molar-refractivity contribution in [3.8, 4) is 0 Å². The molecule has 1 rings (SSSR count). The molecule has 0 spiro atoms. The average Bonchev–Trinajstić information content (AvgIpc) is 2.27. The van der Waals surface area contributed by atoms with E-state index in [0.717, 1.165) is 4.47 Å². The number of rotatable bonds is 5. The number of benzene rings is 1. The van der Waals surface area contributed by atoms with Crippen LogP contribution in [0, 0.1) is 17.8 Å². The Labute approximate surface area is 132 Å². The molecule has 0 amide bonds. The van der Waals surface area contributed by atoms with Crippen molar-refractivity contribution in [1.82, 2.24) is 0 Å². The van der Waals surface area contributed by atoms with Crippen molar-refractivity contribution in [1.29, 1.82) is 0 Å². The molecule has 0 N–H and O–H groups in total. The summed E-state index contributed by atoms with van der Waals surface area (Å²) in [5.41, 5.74) is 0. The molecule has 114 valence electrons. The fourth-order valence-corrected chi connectivity index (χ4v) is 5.74. The van der Waals surface area contributed by atoms with E-state index < -0.39 is 14.6 Å². The standard InChI is InChI=1S/C16H25BrO2S/c1-11(2)15(12(3)4)16(5,6)20(18,19)14-9-7-13(17)8-10-14/h7-12,15H,1-6H3. The Hall–Kier alpha value is -0.350. The molecule has 0 bridgehead atoms. The molecule has 0 radical (unpaired) electrons. The van der Waals surface area contributed by atoms with Crippen LogP contribution in [0.25, 0.3) is 0 Å². The maximum absolute atomic E-state index is 13.0. The van der Waals surface area contributed by atoms with Crippen molar-refractivity contribution in [3.63, 3.8) is 0 Å². The van der Waals surface area contributed by atoms with Gasteiger partial charge in [-0.3, -0.25) is 0 Å². The van der Waals surface area contributed by atoms with Gasteiger partial charge in [0.1, 0.15) is 0 Å². The third-order valence-electron chi connectivity index (χ3n) is 4.06. The van der Waals surface area contributed by atoms with E-state index in [0.29, 0.717) is 16.7 Å². The van der Waals surface area contributed by atoms with E-state index in [1.807, 2.05) is 13.8 Å². The van der Waals surface area contributed by atoms with Crippen LogP contribution in [-0.4, -0.2) is 13.2 Å². The third-order valence-corrected chi connectivity index (χ3v) is 7.13. The van der Waals surface area contributed by atoms with Gasteiger partial charge in [0, 0.05) is 4.47 Å². The normalized spacial score (nSPS) is 13.5. The van der Waals surface area contributed by atoms with Gasteiger partial charge in [0.15, 0.2) is 9.84 Å². The molecule has 0 saturated carbocycles. The summed E-state index contributed by atoms with van der Waals surface area (Å²) in [7, 11) is -3.37. The van der Waals surface area contributed by atoms with Crippen LogP contribution in [0.5, 0.6) is 0 Å². The minimum atomic E-state index is -3.37. The monoisotopic (exact) mass is 360 g/mol. The van der Waals surface area contributed by atoms with Crippen LogP contribution < -0.4 is 0 Å². The summed E-state index contributed by atoms with van der Waals surface area (Å²) in [5.74, 6) is 0.738. The summed E-state index contributed by atoms with van der Waals surface area (Å²) in [6, 6.07) is 6.92. The van der Waals surface area contributed by atoms with E-state index in [2.05, 4.69) is 43.6 Å². The average molecular weight is 361 g/mol. The largest absolute Gasteiger partial charge is 0.223 e. The molecule has 0 aliphatic rings. The zero-order valence-corrected chi connectivity index (χ0v) is 15.5. The molecular weight excluding hydrogens is 336 g/mol. The van der Waals surface area contributed by atoms with Crippen LogP contribution in [0.2, 0.25) is 0 Å². The van der Waals surface area contributed by atoms with Gasteiger partial charge in [0.2, 0.25) is 0 Å². The van der Waals surface area contributed by atoms with Gasteiger partial charge in [-0.25, -0.2) is 8.42 Å². The Kier molecular flexibility index (Phi) is 5.47. The number of hydrogen-bond donors (Lipinski definition) is 0. The minimum absolute atomic E-state index is 0.108. The molecular formula is C16H25BrO2S. The van der Waals surface area contributed by atoms with Crippen molar-refractivity contribution >= 4 is 25.8 Å².